The Morgan fingerprint density at radius 3 is 2.75 bits per heavy atom. The number of hydrogen-bond acceptors (Lipinski definition) is 4. The molecule has 0 saturated carbocycles. The maximum atomic E-state index is 11.6. The molecule has 0 saturated heterocycles. The van der Waals surface area contributed by atoms with Crippen LogP contribution in [0.15, 0.2) is 23.4 Å². The summed E-state index contributed by atoms with van der Waals surface area (Å²) in [6.07, 6.45) is 4.04. The molecule has 2 rings (SSSR count). The molecule has 0 unspecified atom stereocenters. The summed E-state index contributed by atoms with van der Waals surface area (Å²) in [6.45, 7) is 0. The molecule has 0 aliphatic carbocycles. The fourth-order valence-corrected chi connectivity index (χ4v) is 1.19. The van der Waals surface area contributed by atoms with Gasteiger partial charge in [-0.15, -0.1) is 0 Å². The van der Waals surface area contributed by atoms with Crippen LogP contribution < -0.4 is 11.0 Å². The number of hydrogen-bond donors (Lipinski definition) is 3. The number of H-pyrrole nitrogens is 2. The number of anilines is 1. The number of rotatable bonds is 2. The summed E-state index contributed by atoms with van der Waals surface area (Å²) in [5, 5.41) is 2.48. The highest BCUT2D eigenvalue weighted by atomic mass is 35.5. The Kier molecular flexibility index (Phi) is 2.69. The van der Waals surface area contributed by atoms with Gasteiger partial charge in [-0.1, -0.05) is 11.6 Å². The minimum atomic E-state index is -0.527. The largest absolute Gasteiger partial charge is 0.323 e. The second-order valence-corrected chi connectivity index (χ2v) is 3.16. The first-order chi connectivity index (χ1) is 7.66. The van der Waals surface area contributed by atoms with Crippen LogP contribution in [0, 0.1) is 0 Å². The number of imidazole rings is 1. The van der Waals surface area contributed by atoms with E-state index in [1.165, 1.54) is 18.6 Å². The van der Waals surface area contributed by atoms with Crippen molar-refractivity contribution in [1.82, 2.24) is 19.9 Å². The van der Waals surface area contributed by atoms with Gasteiger partial charge in [-0.3, -0.25) is 4.79 Å². The van der Waals surface area contributed by atoms with Gasteiger partial charge in [-0.2, -0.15) is 0 Å². The third-order valence-electron chi connectivity index (χ3n) is 1.73. The third kappa shape index (κ3) is 2.09. The van der Waals surface area contributed by atoms with Gasteiger partial charge in [0.2, 0.25) is 0 Å². The standard InChI is InChI=1S/C8H6ClN5O2/c9-5-6(11-2-1-10-5)14-7(15)4-3-12-8(16)13-4/h1-3H,(H,11,14,15)(H2,12,13,16). The van der Waals surface area contributed by atoms with Gasteiger partial charge in [0, 0.05) is 18.6 Å². The summed E-state index contributed by atoms with van der Waals surface area (Å²) >= 11 is 5.69. The summed E-state index contributed by atoms with van der Waals surface area (Å²) in [7, 11) is 0. The van der Waals surface area contributed by atoms with Crippen LogP contribution in [-0.2, 0) is 0 Å². The molecule has 2 heterocycles. The van der Waals surface area contributed by atoms with E-state index in [1.807, 2.05) is 0 Å². The molecule has 1 amide bonds. The molecule has 0 aliphatic rings. The van der Waals surface area contributed by atoms with Crippen LogP contribution in [0.5, 0.6) is 0 Å². The molecule has 0 spiro atoms. The van der Waals surface area contributed by atoms with Crippen LogP contribution in [0.1, 0.15) is 10.5 Å². The molecule has 0 atom stereocenters. The predicted octanol–water partition coefficient (Wildman–Crippen LogP) is 0.399. The van der Waals surface area contributed by atoms with E-state index < -0.39 is 11.6 Å². The number of amides is 1. The number of nitrogens with zero attached hydrogens (tertiary/aromatic N) is 2. The van der Waals surface area contributed by atoms with Crippen LogP contribution in [0.25, 0.3) is 0 Å². The minimum absolute atomic E-state index is 0.0775. The van der Waals surface area contributed by atoms with Crippen LogP contribution in [-0.4, -0.2) is 25.8 Å². The Balaban J connectivity index is 2.20. The van der Waals surface area contributed by atoms with Gasteiger partial charge in [0.25, 0.3) is 5.91 Å². The average molecular weight is 240 g/mol. The zero-order valence-electron chi connectivity index (χ0n) is 7.82. The first kappa shape index (κ1) is 10.4. The molecule has 2 aromatic rings. The summed E-state index contributed by atoms with van der Waals surface area (Å²) in [5.74, 6) is -0.392. The van der Waals surface area contributed by atoms with Crippen molar-refractivity contribution in [2.75, 3.05) is 5.32 Å². The van der Waals surface area contributed by atoms with Crippen molar-refractivity contribution in [1.29, 1.82) is 0 Å². The molecule has 2 aromatic heterocycles. The van der Waals surface area contributed by atoms with Gasteiger partial charge in [0.05, 0.1) is 0 Å². The highest BCUT2D eigenvalue weighted by Crippen LogP contribution is 2.14. The van der Waals surface area contributed by atoms with Gasteiger partial charge in [0.1, 0.15) is 5.69 Å². The molecule has 7 nitrogen and oxygen atoms in total. The van der Waals surface area contributed by atoms with E-state index in [9.17, 15) is 9.59 Å². The Morgan fingerprint density at radius 1 is 1.38 bits per heavy atom. The van der Waals surface area contributed by atoms with Gasteiger partial charge in [-0.25, -0.2) is 14.8 Å². The number of aromatic amines is 2. The van der Waals surface area contributed by atoms with Crippen molar-refractivity contribution in [3.63, 3.8) is 0 Å². The number of carbonyl (C=O) groups is 1. The Bertz CT molecular complexity index is 576. The number of aromatic nitrogens is 4. The smallest absolute Gasteiger partial charge is 0.312 e. The molecule has 0 radical (unpaired) electrons. The third-order valence-corrected chi connectivity index (χ3v) is 2.00. The van der Waals surface area contributed by atoms with E-state index in [4.69, 9.17) is 11.6 Å². The van der Waals surface area contributed by atoms with Crippen LogP contribution >= 0.6 is 11.6 Å². The van der Waals surface area contributed by atoms with Crippen molar-refractivity contribution >= 4 is 23.3 Å². The molecule has 82 valence electrons. The first-order valence-electron chi connectivity index (χ1n) is 4.22. The lowest BCUT2D eigenvalue weighted by atomic mass is 10.4. The van der Waals surface area contributed by atoms with Crippen molar-refractivity contribution in [2.45, 2.75) is 0 Å². The molecule has 8 heteroatoms. The molecule has 0 fully saturated rings. The van der Waals surface area contributed by atoms with E-state index in [0.29, 0.717) is 0 Å². The highest BCUT2D eigenvalue weighted by molar-refractivity contribution is 6.32. The van der Waals surface area contributed by atoms with E-state index in [1.54, 1.807) is 0 Å². The van der Waals surface area contributed by atoms with Gasteiger partial charge >= 0.3 is 5.69 Å². The first-order valence-corrected chi connectivity index (χ1v) is 4.60. The van der Waals surface area contributed by atoms with Gasteiger partial charge in [-0.05, 0) is 0 Å². The maximum Gasteiger partial charge on any atom is 0.323 e. The van der Waals surface area contributed by atoms with E-state index in [-0.39, 0.29) is 16.7 Å². The Hall–Kier alpha value is -2.15. The molecular formula is C8H6ClN5O2. The lowest BCUT2D eigenvalue weighted by Crippen LogP contribution is -2.15. The minimum Gasteiger partial charge on any atom is -0.312 e. The maximum absolute atomic E-state index is 11.6. The van der Waals surface area contributed by atoms with Crippen LogP contribution in [0.2, 0.25) is 5.15 Å². The van der Waals surface area contributed by atoms with Crippen LogP contribution in [0.3, 0.4) is 0 Å². The Morgan fingerprint density at radius 2 is 2.12 bits per heavy atom. The zero-order chi connectivity index (χ0) is 11.5. The predicted molar refractivity (Wildman–Crippen MR) is 56.4 cm³/mol. The van der Waals surface area contributed by atoms with Crippen LogP contribution in [0.4, 0.5) is 5.82 Å². The normalized spacial score (nSPS) is 10.1. The summed E-state index contributed by atoms with van der Waals surface area (Å²) in [5.41, 5.74) is -0.373. The fourth-order valence-electron chi connectivity index (χ4n) is 1.03. The topological polar surface area (TPSA) is 104 Å². The number of nitrogens with one attached hydrogen (secondary N) is 3. The van der Waals surface area contributed by atoms with Gasteiger partial charge < -0.3 is 15.3 Å². The lowest BCUT2D eigenvalue weighted by molar-refractivity contribution is 0.102. The van der Waals surface area contributed by atoms with E-state index in [2.05, 4.69) is 25.3 Å². The van der Waals surface area contributed by atoms with Crippen molar-refractivity contribution < 1.29 is 4.79 Å². The number of halogens is 1. The molecule has 0 aromatic carbocycles. The second kappa shape index (κ2) is 4.15. The highest BCUT2D eigenvalue weighted by Gasteiger charge is 2.11. The van der Waals surface area contributed by atoms with E-state index >= 15 is 0 Å². The van der Waals surface area contributed by atoms with Crippen molar-refractivity contribution in [2.24, 2.45) is 0 Å². The quantitative estimate of drug-likeness (QED) is 0.706. The van der Waals surface area contributed by atoms with Gasteiger partial charge in [0.15, 0.2) is 11.0 Å². The second-order valence-electron chi connectivity index (χ2n) is 2.81. The Labute approximate surface area is 93.9 Å². The SMILES string of the molecule is O=C(Nc1nccnc1Cl)c1c[nH]c(=O)[nH]1. The number of carbonyl (C=O) groups excluding carboxylic acids is 1. The van der Waals surface area contributed by atoms with E-state index in [0.717, 1.165) is 0 Å². The molecule has 0 aliphatic heterocycles. The summed E-state index contributed by atoms with van der Waals surface area (Å²) in [4.78, 5) is 34.5. The fraction of sp³-hybridized carbons (Fsp3) is 0. The molecular weight excluding hydrogens is 234 g/mol. The van der Waals surface area contributed by atoms with Crippen molar-refractivity contribution in [3.05, 3.63) is 39.9 Å². The molecule has 16 heavy (non-hydrogen) atoms. The lowest BCUT2D eigenvalue weighted by Gasteiger charge is -2.02. The summed E-state index contributed by atoms with van der Waals surface area (Å²) in [6, 6.07) is 0. The van der Waals surface area contributed by atoms with Crippen molar-refractivity contribution in [3.8, 4) is 0 Å². The zero-order valence-corrected chi connectivity index (χ0v) is 8.58. The molecule has 3 N–H and O–H groups in total. The monoisotopic (exact) mass is 239 g/mol. The summed E-state index contributed by atoms with van der Waals surface area (Å²) < 4.78 is 0. The average Bonchev–Trinajstić information content (AvgIpc) is 2.68. The molecule has 0 bridgehead atoms.